The van der Waals surface area contributed by atoms with Crippen LogP contribution in [0.3, 0.4) is 0 Å². The molecule has 37 heavy (non-hydrogen) atoms. The van der Waals surface area contributed by atoms with Gasteiger partial charge in [-0.2, -0.15) is 0 Å². The van der Waals surface area contributed by atoms with Crippen LogP contribution in [-0.2, 0) is 51.0 Å². The van der Waals surface area contributed by atoms with Gasteiger partial charge in [-0.25, -0.2) is 0 Å². The summed E-state index contributed by atoms with van der Waals surface area (Å²) in [6, 6.07) is 25.6. The summed E-state index contributed by atoms with van der Waals surface area (Å²) in [7, 11) is 0. The molecular formula is C27H33CrN3O6. The summed E-state index contributed by atoms with van der Waals surface area (Å²) in [5, 5.41) is 25.6. The molecule has 0 heterocycles. The fourth-order valence-corrected chi connectivity index (χ4v) is 2.87. The maximum Gasteiger partial charge on any atom is 0.320 e. The molecule has 0 aliphatic rings. The van der Waals surface area contributed by atoms with Crippen LogP contribution in [0.1, 0.15) is 16.7 Å². The normalized spacial score (nSPS) is 12.1. The van der Waals surface area contributed by atoms with Gasteiger partial charge in [0.15, 0.2) is 0 Å². The van der Waals surface area contributed by atoms with Crippen molar-refractivity contribution in [3.05, 3.63) is 108 Å². The molecular weight excluding hydrogens is 514 g/mol. The Bertz CT molecular complexity index is 919. The summed E-state index contributed by atoms with van der Waals surface area (Å²) in [5.41, 5.74) is 18.9. The third-order valence-corrected chi connectivity index (χ3v) is 4.85. The third kappa shape index (κ3) is 15.3. The molecule has 10 heteroatoms. The Labute approximate surface area is 227 Å². The molecule has 3 atom stereocenters. The molecule has 0 bridgehead atoms. The number of aliphatic carboxylic acids is 3. The molecule has 0 amide bonds. The van der Waals surface area contributed by atoms with Gasteiger partial charge in [0.25, 0.3) is 0 Å². The van der Waals surface area contributed by atoms with Crippen molar-refractivity contribution in [2.75, 3.05) is 0 Å². The van der Waals surface area contributed by atoms with Crippen LogP contribution < -0.4 is 17.2 Å². The summed E-state index contributed by atoms with van der Waals surface area (Å²) in [6.45, 7) is 0. The number of carboxylic acid groups (broad SMARTS) is 3. The van der Waals surface area contributed by atoms with Crippen LogP contribution in [0.15, 0.2) is 91.0 Å². The Morgan fingerprint density at radius 3 is 0.838 bits per heavy atom. The topological polar surface area (TPSA) is 190 Å². The van der Waals surface area contributed by atoms with Crippen molar-refractivity contribution in [3.63, 3.8) is 0 Å². The fourth-order valence-electron chi connectivity index (χ4n) is 2.87. The molecule has 0 aliphatic carbocycles. The molecule has 0 unspecified atom stereocenters. The molecule has 198 valence electrons. The van der Waals surface area contributed by atoms with Crippen molar-refractivity contribution in [2.45, 2.75) is 37.4 Å². The summed E-state index contributed by atoms with van der Waals surface area (Å²) in [4.78, 5) is 31.1. The Morgan fingerprint density at radius 1 is 0.486 bits per heavy atom. The van der Waals surface area contributed by atoms with Gasteiger partial charge in [-0.05, 0) is 36.0 Å². The van der Waals surface area contributed by atoms with E-state index in [0.717, 1.165) is 16.7 Å². The number of nitrogens with two attached hydrogens (primary N) is 3. The largest absolute Gasteiger partial charge is 0.480 e. The van der Waals surface area contributed by atoms with E-state index in [0.29, 0.717) is 19.3 Å². The van der Waals surface area contributed by atoms with E-state index in [1.807, 2.05) is 91.0 Å². The van der Waals surface area contributed by atoms with E-state index in [1.165, 1.54) is 0 Å². The molecule has 0 aromatic heterocycles. The Kier molecular flexibility index (Phi) is 16.9. The van der Waals surface area contributed by atoms with Gasteiger partial charge in [-0.1, -0.05) is 91.0 Å². The SMILES string of the molecule is N[C@@H](Cc1ccccc1)C(=O)O.N[C@@H](Cc1ccccc1)C(=O)O.N[C@@H](Cc1ccccc1)C(=O)O.[Cr]. The first-order valence-corrected chi connectivity index (χ1v) is 11.2. The first-order chi connectivity index (χ1) is 17.1. The number of benzene rings is 3. The van der Waals surface area contributed by atoms with E-state index in [9.17, 15) is 14.4 Å². The summed E-state index contributed by atoms with van der Waals surface area (Å²) < 4.78 is 0. The van der Waals surface area contributed by atoms with Crippen LogP contribution in [0, 0.1) is 0 Å². The number of hydrogen-bond acceptors (Lipinski definition) is 6. The molecule has 3 rings (SSSR count). The predicted molar refractivity (Wildman–Crippen MR) is 137 cm³/mol. The Morgan fingerprint density at radius 2 is 0.676 bits per heavy atom. The maximum atomic E-state index is 10.4. The second-order valence-electron chi connectivity index (χ2n) is 7.90. The molecule has 0 aliphatic heterocycles. The summed E-state index contributed by atoms with van der Waals surface area (Å²) in [5.74, 6) is -2.88. The van der Waals surface area contributed by atoms with Gasteiger partial charge in [0.2, 0.25) is 0 Å². The minimum Gasteiger partial charge on any atom is -0.480 e. The summed E-state index contributed by atoms with van der Waals surface area (Å²) in [6.07, 6.45) is 1.16. The van der Waals surface area contributed by atoms with Crippen LogP contribution in [0.25, 0.3) is 0 Å². The maximum absolute atomic E-state index is 10.4. The second-order valence-corrected chi connectivity index (χ2v) is 7.90. The van der Waals surface area contributed by atoms with Crippen molar-refractivity contribution >= 4 is 17.9 Å². The molecule has 0 fully saturated rings. The van der Waals surface area contributed by atoms with Gasteiger partial charge < -0.3 is 32.5 Å². The van der Waals surface area contributed by atoms with Crippen molar-refractivity contribution in [1.82, 2.24) is 0 Å². The average Bonchev–Trinajstić information content (AvgIpc) is 2.86. The van der Waals surface area contributed by atoms with Crippen LogP contribution in [-0.4, -0.2) is 51.4 Å². The van der Waals surface area contributed by atoms with Crippen molar-refractivity contribution in [3.8, 4) is 0 Å². The minimum absolute atomic E-state index is 0. The van der Waals surface area contributed by atoms with E-state index in [4.69, 9.17) is 32.5 Å². The average molecular weight is 548 g/mol. The first-order valence-electron chi connectivity index (χ1n) is 11.2. The van der Waals surface area contributed by atoms with Crippen molar-refractivity contribution in [1.29, 1.82) is 0 Å². The molecule has 3 aromatic rings. The van der Waals surface area contributed by atoms with Crippen molar-refractivity contribution in [2.24, 2.45) is 17.2 Å². The van der Waals surface area contributed by atoms with Crippen LogP contribution in [0.4, 0.5) is 0 Å². The van der Waals surface area contributed by atoms with Gasteiger partial charge in [-0.15, -0.1) is 0 Å². The van der Waals surface area contributed by atoms with Crippen LogP contribution in [0.5, 0.6) is 0 Å². The molecule has 0 saturated carbocycles. The zero-order valence-electron chi connectivity index (χ0n) is 20.2. The van der Waals surface area contributed by atoms with E-state index < -0.39 is 36.0 Å². The van der Waals surface area contributed by atoms with Gasteiger partial charge >= 0.3 is 17.9 Å². The van der Waals surface area contributed by atoms with E-state index in [1.54, 1.807) is 0 Å². The quantitative estimate of drug-likeness (QED) is 0.232. The molecule has 9 nitrogen and oxygen atoms in total. The number of hydrogen-bond donors (Lipinski definition) is 6. The van der Waals surface area contributed by atoms with Gasteiger partial charge in [0.05, 0.1) is 0 Å². The second kappa shape index (κ2) is 18.7. The number of carbonyl (C=O) groups is 3. The molecule has 0 saturated heterocycles. The van der Waals surface area contributed by atoms with Gasteiger partial charge in [-0.3, -0.25) is 14.4 Å². The minimum atomic E-state index is -0.959. The summed E-state index contributed by atoms with van der Waals surface area (Å²) >= 11 is 0. The zero-order chi connectivity index (χ0) is 26.9. The van der Waals surface area contributed by atoms with Crippen LogP contribution in [0.2, 0.25) is 0 Å². The third-order valence-electron chi connectivity index (χ3n) is 4.85. The monoisotopic (exact) mass is 547 g/mol. The smallest absolute Gasteiger partial charge is 0.320 e. The van der Waals surface area contributed by atoms with Crippen LogP contribution >= 0.6 is 0 Å². The van der Waals surface area contributed by atoms with E-state index in [2.05, 4.69) is 0 Å². The predicted octanol–water partition coefficient (Wildman–Crippen LogP) is 1.92. The molecule has 9 N–H and O–H groups in total. The standard InChI is InChI=1S/3C9H11NO2.Cr/c3*10-8(9(11)12)6-7-4-2-1-3-5-7;/h3*1-5,8H,6,10H2,(H,11,12);/t3*8-;/m000./s1. The molecule has 0 spiro atoms. The Balaban J connectivity index is 0.000000518. The number of rotatable bonds is 9. The molecule has 0 radical (unpaired) electrons. The van der Waals surface area contributed by atoms with Crippen molar-refractivity contribution < 1.29 is 47.1 Å². The van der Waals surface area contributed by atoms with E-state index >= 15 is 0 Å². The Hall–Kier alpha value is -3.52. The zero-order valence-corrected chi connectivity index (χ0v) is 21.5. The van der Waals surface area contributed by atoms with E-state index in [-0.39, 0.29) is 17.4 Å². The first kappa shape index (κ1) is 33.5. The van der Waals surface area contributed by atoms with Gasteiger partial charge in [0, 0.05) is 17.4 Å². The fraction of sp³-hybridized carbons (Fsp3) is 0.222. The van der Waals surface area contributed by atoms with Gasteiger partial charge in [0.1, 0.15) is 18.1 Å². The molecule has 3 aromatic carbocycles. The number of carboxylic acids is 3.